The molecule has 0 bridgehead atoms. The molecule has 1 N–H and O–H groups in total. The number of aliphatic hydroxyl groups is 1. The van der Waals surface area contributed by atoms with Crippen LogP contribution >= 0.6 is 23.2 Å². The minimum atomic E-state index is -1.18. The van der Waals surface area contributed by atoms with E-state index in [1.807, 2.05) is 77.4 Å². The highest BCUT2D eigenvalue weighted by Gasteiger charge is 2.25. The lowest BCUT2D eigenvalue weighted by Gasteiger charge is -2.16. The highest BCUT2D eigenvalue weighted by Crippen LogP contribution is 2.41. The predicted octanol–water partition coefficient (Wildman–Crippen LogP) is 6.43. The first-order valence-corrected chi connectivity index (χ1v) is 9.82. The van der Waals surface area contributed by atoms with Crippen LogP contribution in [-0.4, -0.2) is 16.8 Å². The second kappa shape index (κ2) is 8.47. The van der Waals surface area contributed by atoms with Gasteiger partial charge in [0.1, 0.15) is 11.4 Å². The fraction of sp³-hybridized carbons (Fsp3) is 0.130. The Balaban J connectivity index is 1.93. The van der Waals surface area contributed by atoms with Crippen molar-refractivity contribution in [1.29, 1.82) is 0 Å². The Hall–Kier alpha value is -2.50. The van der Waals surface area contributed by atoms with Crippen LogP contribution in [-0.2, 0) is 11.3 Å². The second-order valence-electron chi connectivity index (χ2n) is 6.60. The van der Waals surface area contributed by atoms with E-state index >= 15 is 0 Å². The van der Waals surface area contributed by atoms with Crippen LogP contribution < -0.4 is 4.74 Å². The fourth-order valence-corrected chi connectivity index (χ4v) is 3.76. The van der Waals surface area contributed by atoms with Crippen LogP contribution in [0, 0.1) is 0 Å². The molecule has 29 heavy (non-hydrogen) atoms. The minimum Gasteiger partial charge on any atom is -0.455 e. The number of hydrogen-bond donors (Lipinski definition) is 1. The lowest BCUT2D eigenvalue weighted by atomic mass is 10.2. The number of halogens is 2. The fourth-order valence-electron chi connectivity index (χ4n) is 3.37. The number of methoxy groups -OCH3 is 1. The van der Waals surface area contributed by atoms with Crippen molar-refractivity contribution in [1.82, 2.24) is 4.57 Å². The maximum Gasteiger partial charge on any atom is 0.200 e. The molecule has 148 valence electrons. The van der Waals surface area contributed by atoms with E-state index in [0.717, 1.165) is 16.5 Å². The lowest BCUT2D eigenvalue weighted by molar-refractivity contribution is -0.0825. The topological polar surface area (TPSA) is 43.6 Å². The van der Waals surface area contributed by atoms with Gasteiger partial charge in [-0.2, -0.15) is 0 Å². The number of benzene rings is 3. The van der Waals surface area contributed by atoms with Gasteiger partial charge in [-0.15, -0.1) is 0 Å². The number of aromatic nitrogens is 1. The molecular formula is C23H19Cl2NO3. The van der Waals surface area contributed by atoms with Gasteiger partial charge in [0.25, 0.3) is 0 Å². The van der Waals surface area contributed by atoms with E-state index in [1.165, 1.54) is 7.11 Å². The summed E-state index contributed by atoms with van der Waals surface area (Å²) in [5.74, 6) is 1.16. The van der Waals surface area contributed by atoms with Gasteiger partial charge < -0.3 is 19.1 Å². The first-order valence-electron chi connectivity index (χ1n) is 9.06. The third-order valence-electron chi connectivity index (χ3n) is 4.67. The normalized spacial score (nSPS) is 12.3. The van der Waals surface area contributed by atoms with E-state index in [1.54, 1.807) is 0 Å². The Bertz CT molecular complexity index is 1140. The summed E-state index contributed by atoms with van der Waals surface area (Å²) in [4.78, 5) is 0. The molecule has 1 atom stereocenters. The maximum atomic E-state index is 10.7. The van der Waals surface area contributed by atoms with Crippen LogP contribution in [0.5, 0.6) is 11.5 Å². The molecule has 0 saturated heterocycles. The third kappa shape index (κ3) is 4.11. The molecule has 4 nitrogen and oxygen atoms in total. The van der Waals surface area contributed by atoms with E-state index in [2.05, 4.69) is 0 Å². The monoisotopic (exact) mass is 427 g/mol. The van der Waals surface area contributed by atoms with Gasteiger partial charge >= 0.3 is 0 Å². The standard InChI is InChI=1S/C23H19Cl2NO3/c1-28-23(27)21-22(29-18-8-3-2-4-9-18)19-13-17(25)10-11-20(19)26(21)14-15-6-5-7-16(24)12-15/h2-13,23,27H,14H2,1H3. The number of ether oxygens (including phenoxy) is 2. The van der Waals surface area contributed by atoms with Crippen LogP contribution in [0.3, 0.4) is 0 Å². The van der Waals surface area contributed by atoms with E-state index < -0.39 is 6.29 Å². The van der Waals surface area contributed by atoms with Crippen molar-refractivity contribution in [3.8, 4) is 11.5 Å². The van der Waals surface area contributed by atoms with Gasteiger partial charge in [-0.1, -0.05) is 53.5 Å². The molecule has 1 heterocycles. The zero-order chi connectivity index (χ0) is 20.4. The Morgan fingerprint density at radius 3 is 2.41 bits per heavy atom. The van der Waals surface area contributed by atoms with Crippen LogP contribution in [0.15, 0.2) is 72.8 Å². The lowest BCUT2D eigenvalue weighted by Crippen LogP contribution is -2.11. The van der Waals surface area contributed by atoms with E-state index in [0.29, 0.717) is 33.8 Å². The van der Waals surface area contributed by atoms with Crippen LogP contribution in [0.25, 0.3) is 10.9 Å². The van der Waals surface area contributed by atoms with Crippen LogP contribution in [0.2, 0.25) is 10.0 Å². The molecule has 3 aromatic carbocycles. The number of rotatable bonds is 6. The van der Waals surface area contributed by atoms with Crippen molar-refractivity contribution in [2.24, 2.45) is 0 Å². The Labute approximate surface area is 178 Å². The summed E-state index contributed by atoms with van der Waals surface area (Å²) in [6.45, 7) is 0.479. The highest BCUT2D eigenvalue weighted by atomic mass is 35.5. The first kappa shape index (κ1) is 19.8. The van der Waals surface area contributed by atoms with Crippen molar-refractivity contribution in [2.75, 3.05) is 7.11 Å². The number of aliphatic hydroxyl groups excluding tert-OH is 1. The number of para-hydroxylation sites is 1. The zero-order valence-electron chi connectivity index (χ0n) is 15.7. The molecule has 0 saturated carbocycles. The molecule has 0 amide bonds. The van der Waals surface area contributed by atoms with Crippen molar-refractivity contribution in [3.63, 3.8) is 0 Å². The average Bonchev–Trinajstić information content (AvgIpc) is 3.00. The molecule has 1 unspecified atom stereocenters. The van der Waals surface area contributed by atoms with Crippen molar-refractivity contribution >= 4 is 34.1 Å². The summed E-state index contributed by atoms with van der Waals surface area (Å²) < 4.78 is 13.4. The van der Waals surface area contributed by atoms with Gasteiger partial charge in [-0.3, -0.25) is 0 Å². The maximum absolute atomic E-state index is 10.7. The van der Waals surface area contributed by atoms with Gasteiger partial charge in [0.05, 0.1) is 5.52 Å². The Morgan fingerprint density at radius 2 is 1.69 bits per heavy atom. The average molecular weight is 428 g/mol. The molecule has 6 heteroatoms. The van der Waals surface area contributed by atoms with E-state index in [9.17, 15) is 5.11 Å². The first-order chi connectivity index (χ1) is 14.1. The molecule has 0 radical (unpaired) electrons. The van der Waals surface area contributed by atoms with Gasteiger partial charge in [0.2, 0.25) is 0 Å². The van der Waals surface area contributed by atoms with Crippen molar-refractivity contribution in [2.45, 2.75) is 12.8 Å². The highest BCUT2D eigenvalue weighted by molar-refractivity contribution is 6.31. The van der Waals surface area contributed by atoms with Crippen molar-refractivity contribution in [3.05, 3.63) is 94.1 Å². The van der Waals surface area contributed by atoms with Gasteiger partial charge in [0, 0.05) is 29.1 Å². The second-order valence-corrected chi connectivity index (χ2v) is 7.47. The van der Waals surface area contributed by atoms with Gasteiger partial charge in [-0.05, 0) is 48.0 Å². The summed E-state index contributed by atoms with van der Waals surface area (Å²) >= 11 is 12.4. The Morgan fingerprint density at radius 1 is 0.931 bits per heavy atom. The molecule has 0 spiro atoms. The summed E-state index contributed by atoms with van der Waals surface area (Å²) in [7, 11) is 1.45. The molecule has 0 aliphatic rings. The quantitative estimate of drug-likeness (QED) is 0.360. The van der Waals surface area contributed by atoms with E-state index in [4.69, 9.17) is 32.7 Å². The molecule has 0 aliphatic carbocycles. The Kier molecular flexibility index (Phi) is 5.79. The summed E-state index contributed by atoms with van der Waals surface area (Å²) in [6.07, 6.45) is -1.18. The predicted molar refractivity (Wildman–Crippen MR) is 116 cm³/mol. The summed E-state index contributed by atoms with van der Waals surface area (Å²) in [6, 6.07) is 22.5. The molecule has 4 aromatic rings. The van der Waals surface area contributed by atoms with Gasteiger partial charge in [-0.25, -0.2) is 0 Å². The molecule has 0 aliphatic heterocycles. The number of hydrogen-bond acceptors (Lipinski definition) is 3. The van der Waals surface area contributed by atoms with E-state index in [-0.39, 0.29) is 0 Å². The van der Waals surface area contributed by atoms with Crippen LogP contribution in [0.4, 0.5) is 0 Å². The SMILES string of the molecule is COC(O)c1c(Oc2ccccc2)c2cc(Cl)ccc2n1Cc1cccc(Cl)c1. The van der Waals surface area contributed by atoms with Crippen LogP contribution in [0.1, 0.15) is 17.5 Å². The summed E-state index contributed by atoms with van der Waals surface area (Å²) in [5.41, 5.74) is 2.36. The third-order valence-corrected chi connectivity index (χ3v) is 5.14. The molecular weight excluding hydrogens is 409 g/mol. The van der Waals surface area contributed by atoms with Crippen molar-refractivity contribution < 1.29 is 14.6 Å². The summed E-state index contributed by atoms with van der Waals surface area (Å²) in [5, 5.41) is 12.7. The largest absolute Gasteiger partial charge is 0.455 e. The number of nitrogens with zero attached hydrogens (tertiary/aromatic N) is 1. The number of fused-ring (bicyclic) bond motifs is 1. The molecule has 0 fully saturated rings. The van der Waals surface area contributed by atoms with Gasteiger partial charge in [0.15, 0.2) is 12.0 Å². The smallest absolute Gasteiger partial charge is 0.200 e. The zero-order valence-corrected chi connectivity index (χ0v) is 17.2. The molecule has 1 aromatic heterocycles. The minimum absolute atomic E-state index is 0.479. The molecule has 4 rings (SSSR count).